The molecule has 1 aliphatic rings. The molecule has 3 nitrogen and oxygen atoms in total. The van der Waals surface area contributed by atoms with Gasteiger partial charge in [0.2, 0.25) is 5.82 Å². The summed E-state index contributed by atoms with van der Waals surface area (Å²) in [6, 6.07) is 25.1. The molecule has 0 bridgehead atoms. The van der Waals surface area contributed by atoms with Crippen molar-refractivity contribution in [1.29, 1.82) is 0 Å². The van der Waals surface area contributed by atoms with E-state index >= 15 is 0 Å². The van der Waals surface area contributed by atoms with E-state index in [9.17, 15) is 0 Å². The fourth-order valence-electron chi connectivity index (χ4n) is 3.83. The summed E-state index contributed by atoms with van der Waals surface area (Å²) in [7, 11) is 0. The molecule has 0 radical (unpaired) electrons. The van der Waals surface area contributed by atoms with Crippen LogP contribution in [0.1, 0.15) is 28.2 Å². The number of aromatic nitrogens is 2. The van der Waals surface area contributed by atoms with Gasteiger partial charge in [0, 0.05) is 17.0 Å². The third kappa shape index (κ3) is 3.05. The lowest BCUT2D eigenvalue weighted by Gasteiger charge is -2.11. The molecule has 0 saturated heterocycles. The lowest BCUT2D eigenvalue weighted by atomic mass is 9.93. The molecule has 1 heterocycles. The highest BCUT2D eigenvalue weighted by atomic mass is 16.5. The van der Waals surface area contributed by atoms with Gasteiger partial charge in [0.25, 0.3) is 5.89 Å². The van der Waals surface area contributed by atoms with Crippen LogP contribution in [0.3, 0.4) is 0 Å². The highest BCUT2D eigenvalue weighted by Gasteiger charge is 2.19. The van der Waals surface area contributed by atoms with E-state index < -0.39 is 0 Å². The Morgan fingerprint density at radius 1 is 0.929 bits per heavy atom. The van der Waals surface area contributed by atoms with E-state index in [1.165, 1.54) is 16.7 Å². The highest BCUT2D eigenvalue weighted by molar-refractivity contribution is 5.70. The molecule has 1 atom stereocenters. The number of fused-ring (bicyclic) bond motifs is 1. The summed E-state index contributed by atoms with van der Waals surface area (Å²) in [4.78, 5) is 4.62. The molecule has 136 valence electrons. The van der Waals surface area contributed by atoms with Gasteiger partial charge in [-0.05, 0) is 47.7 Å². The van der Waals surface area contributed by atoms with Crippen LogP contribution in [-0.2, 0) is 6.42 Å². The van der Waals surface area contributed by atoms with E-state index in [0.717, 1.165) is 23.1 Å². The fraction of sp³-hybridized carbons (Fsp3) is 0.120. The topological polar surface area (TPSA) is 38.9 Å². The first kappa shape index (κ1) is 16.7. The molecule has 1 aromatic heterocycles. The van der Waals surface area contributed by atoms with Crippen molar-refractivity contribution in [3.63, 3.8) is 0 Å². The Labute approximate surface area is 164 Å². The maximum absolute atomic E-state index is 5.53. The predicted molar refractivity (Wildman–Crippen MR) is 112 cm³/mol. The fourth-order valence-corrected chi connectivity index (χ4v) is 3.83. The Morgan fingerprint density at radius 3 is 2.61 bits per heavy atom. The van der Waals surface area contributed by atoms with Gasteiger partial charge in [-0.15, -0.1) is 0 Å². The van der Waals surface area contributed by atoms with Crippen LogP contribution in [-0.4, -0.2) is 10.1 Å². The first-order valence-electron chi connectivity index (χ1n) is 9.54. The van der Waals surface area contributed by atoms with Crippen molar-refractivity contribution in [3.8, 4) is 22.8 Å². The molecule has 5 rings (SSSR count). The molecule has 0 amide bonds. The molecule has 0 N–H and O–H groups in total. The molecule has 4 aromatic rings. The molecule has 28 heavy (non-hydrogen) atoms. The maximum atomic E-state index is 5.53. The number of aryl methyl sites for hydroxylation is 1. The van der Waals surface area contributed by atoms with E-state index in [0.29, 0.717) is 17.6 Å². The molecular formula is C25H20N2O. The van der Waals surface area contributed by atoms with Gasteiger partial charge < -0.3 is 4.52 Å². The van der Waals surface area contributed by atoms with Crippen LogP contribution in [0, 0.1) is 6.92 Å². The molecule has 0 spiro atoms. The van der Waals surface area contributed by atoms with E-state index in [4.69, 9.17) is 4.52 Å². The monoisotopic (exact) mass is 364 g/mol. The summed E-state index contributed by atoms with van der Waals surface area (Å²) in [5, 5.41) is 4.21. The van der Waals surface area contributed by atoms with Crippen LogP contribution < -0.4 is 0 Å². The Bertz CT molecular complexity index is 1160. The van der Waals surface area contributed by atoms with Crippen LogP contribution in [0.15, 0.2) is 83.4 Å². The van der Waals surface area contributed by atoms with Crippen LogP contribution >= 0.6 is 0 Å². The molecule has 1 unspecified atom stereocenters. The molecule has 3 aromatic carbocycles. The number of rotatable bonds is 4. The number of allylic oxidation sites excluding steroid dienone is 1. The van der Waals surface area contributed by atoms with Crippen LogP contribution in [0.2, 0.25) is 0 Å². The van der Waals surface area contributed by atoms with Crippen molar-refractivity contribution in [3.05, 3.63) is 101 Å². The van der Waals surface area contributed by atoms with Crippen LogP contribution in [0.5, 0.6) is 0 Å². The Balaban J connectivity index is 1.42. The van der Waals surface area contributed by atoms with Gasteiger partial charge in [0.1, 0.15) is 0 Å². The predicted octanol–water partition coefficient (Wildman–Crippen LogP) is 6.07. The second-order valence-electron chi connectivity index (χ2n) is 7.24. The molecule has 0 aliphatic heterocycles. The highest BCUT2D eigenvalue weighted by Crippen LogP contribution is 2.35. The number of benzene rings is 3. The largest absolute Gasteiger partial charge is 0.334 e. The third-order valence-electron chi connectivity index (χ3n) is 5.35. The van der Waals surface area contributed by atoms with Crippen LogP contribution in [0.4, 0.5) is 0 Å². The SMILES string of the molecule is Cc1ccccc1-c1nc(-c2ccc3c(c2)C=CC3Cc2ccccc2)no1. The normalized spacial score (nSPS) is 15.0. The zero-order valence-corrected chi connectivity index (χ0v) is 15.7. The quantitative estimate of drug-likeness (QED) is 0.441. The summed E-state index contributed by atoms with van der Waals surface area (Å²) >= 11 is 0. The summed E-state index contributed by atoms with van der Waals surface area (Å²) < 4.78 is 5.53. The summed E-state index contributed by atoms with van der Waals surface area (Å²) in [6.07, 6.45) is 5.51. The molecule has 0 fully saturated rings. The number of nitrogens with zero attached hydrogens (tertiary/aromatic N) is 2. The molecular weight excluding hydrogens is 344 g/mol. The lowest BCUT2D eigenvalue weighted by molar-refractivity contribution is 0.432. The summed E-state index contributed by atoms with van der Waals surface area (Å²) in [5.74, 6) is 1.60. The van der Waals surface area contributed by atoms with E-state index in [1.54, 1.807) is 0 Å². The number of hydrogen-bond donors (Lipinski definition) is 0. The standard InChI is InChI=1S/C25H20N2O/c1-17-7-5-6-10-22(17)25-26-24(27-28-25)21-13-14-23-19(11-12-20(23)16-21)15-18-8-3-2-4-9-18/h2-14,16,19H,15H2,1H3. The smallest absolute Gasteiger partial charge is 0.258 e. The van der Waals surface area contributed by atoms with Crippen molar-refractivity contribution in [2.24, 2.45) is 0 Å². The van der Waals surface area contributed by atoms with Crippen molar-refractivity contribution >= 4 is 6.08 Å². The lowest BCUT2D eigenvalue weighted by Crippen LogP contribution is -1.98. The van der Waals surface area contributed by atoms with Gasteiger partial charge in [-0.3, -0.25) is 0 Å². The minimum Gasteiger partial charge on any atom is -0.334 e. The third-order valence-corrected chi connectivity index (χ3v) is 5.35. The molecule has 1 aliphatic carbocycles. The van der Waals surface area contributed by atoms with Crippen LogP contribution in [0.25, 0.3) is 28.9 Å². The number of hydrogen-bond acceptors (Lipinski definition) is 3. The molecule has 3 heteroatoms. The van der Waals surface area contributed by atoms with Gasteiger partial charge in [-0.25, -0.2) is 0 Å². The van der Waals surface area contributed by atoms with Crippen molar-refractivity contribution in [2.45, 2.75) is 19.3 Å². The first-order chi connectivity index (χ1) is 13.8. The first-order valence-corrected chi connectivity index (χ1v) is 9.54. The summed E-state index contributed by atoms with van der Waals surface area (Å²) in [6.45, 7) is 2.05. The zero-order valence-electron chi connectivity index (χ0n) is 15.7. The zero-order chi connectivity index (χ0) is 18.9. The van der Waals surface area contributed by atoms with Gasteiger partial charge in [0.05, 0.1) is 0 Å². The minimum atomic E-state index is 0.416. The van der Waals surface area contributed by atoms with E-state index in [2.05, 4.69) is 70.8 Å². The van der Waals surface area contributed by atoms with E-state index in [1.807, 2.05) is 31.2 Å². The Hall–Kier alpha value is -3.46. The summed E-state index contributed by atoms with van der Waals surface area (Å²) in [5.41, 5.74) is 7.03. The van der Waals surface area contributed by atoms with E-state index in [-0.39, 0.29) is 0 Å². The van der Waals surface area contributed by atoms with Crippen molar-refractivity contribution in [2.75, 3.05) is 0 Å². The second-order valence-corrected chi connectivity index (χ2v) is 7.24. The maximum Gasteiger partial charge on any atom is 0.258 e. The van der Waals surface area contributed by atoms with Gasteiger partial charge in [-0.1, -0.05) is 78.0 Å². The second kappa shape index (κ2) is 6.93. The Morgan fingerprint density at radius 2 is 1.75 bits per heavy atom. The Kier molecular flexibility index (Phi) is 4.13. The van der Waals surface area contributed by atoms with Gasteiger partial charge in [-0.2, -0.15) is 4.98 Å². The average molecular weight is 364 g/mol. The minimum absolute atomic E-state index is 0.416. The van der Waals surface area contributed by atoms with Crippen molar-refractivity contribution in [1.82, 2.24) is 10.1 Å². The van der Waals surface area contributed by atoms with Gasteiger partial charge >= 0.3 is 0 Å². The van der Waals surface area contributed by atoms with Crippen molar-refractivity contribution < 1.29 is 4.52 Å². The molecule has 0 saturated carbocycles. The van der Waals surface area contributed by atoms with Gasteiger partial charge in [0.15, 0.2) is 0 Å². The average Bonchev–Trinajstić information content (AvgIpc) is 3.37.